The highest BCUT2D eigenvalue weighted by molar-refractivity contribution is 4.50. The Morgan fingerprint density at radius 3 is 1.53 bits per heavy atom. The first kappa shape index (κ1) is 14.8. The molecular weight excluding hydrogens is 204 g/mol. The molecule has 0 heterocycles. The smallest absolute Gasteiger partial charge is 0.146 e. The number of rotatable bonds is 10. The second-order valence-corrected chi connectivity index (χ2v) is 3.08. The predicted molar refractivity (Wildman–Crippen MR) is 52.5 cm³/mol. The number of aliphatic hydroxyl groups is 2. The van der Waals surface area contributed by atoms with Crippen LogP contribution in [0.25, 0.3) is 0 Å². The van der Waals surface area contributed by atoms with E-state index in [1.54, 1.807) is 0 Å². The third kappa shape index (κ3) is 10.1. The summed E-state index contributed by atoms with van der Waals surface area (Å²) in [5.74, 6) is 0. The van der Waals surface area contributed by atoms with Gasteiger partial charge in [0, 0.05) is 14.2 Å². The minimum Gasteiger partial charge on any atom is -0.388 e. The van der Waals surface area contributed by atoms with Crippen molar-refractivity contribution in [2.75, 3.05) is 47.4 Å². The summed E-state index contributed by atoms with van der Waals surface area (Å²) < 4.78 is 19.4. The normalized spacial score (nSPS) is 15.2. The predicted octanol–water partition coefficient (Wildman–Crippen LogP) is -1.01. The lowest BCUT2D eigenvalue weighted by Crippen LogP contribution is -2.24. The summed E-state index contributed by atoms with van der Waals surface area (Å²) in [5, 5.41) is 18.3. The molecule has 2 atom stereocenters. The van der Waals surface area contributed by atoms with Gasteiger partial charge >= 0.3 is 0 Å². The summed E-state index contributed by atoms with van der Waals surface area (Å²) in [4.78, 5) is 0. The SMILES string of the molecule is COCC(O)COCOCC(O)COC. The Morgan fingerprint density at radius 2 is 1.20 bits per heavy atom. The Hall–Kier alpha value is -0.240. The van der Waals surface area contributed by atoms with E-state index in [0.717, 1.165) is 0 Å². The van der Waals surface area contributed by atoms with Crippen molar-refractivity contribution >= 4 is 0 Å². The minimum atomic E-state index is -0.650. The van der Waals surface area contributed by atoms with Crippen LogP contribution < -0.4 is 0 Å². The van der Waals surface area contributed by atoms with Crippen molar-refractivity contribution in [3.05, 3.63) is 0 Å². The Morgan fingerprint density at radius 1 is 0.800 bits per heavy atom. The standard InChI is InChI=1S/C9H20O6/c1-12-3-8(10)5-14-7-15-6-9(11)4-13-2/h8-11H,3-7H2,1-2H3. The van der Waals surface area contributed by atoms with Crippen LogP contribution in [0.5, 0.6) is 0 Å². The van der Waals surface area contributed by atoms with Crippen LogP contribution in [0, 0.1) is 0 Å². The molecule has 6 heteroatoms. The van der Waals surface area contributed by atoms with Gasteiger partial charge in [0.25, 0.3) is 0 Å². The van der Waals surface area contributed by atoms with E-state index in [0.29, 0.717) is 0 Å². The summed E-state index contributed by atoms with van der Waals surface area (Å²) >= 11 is 0. The molecule has 2 unspecified atom stereocenters. The van der Waals surface area contributed by atoms with E-state index in [1.807, 2.05) is 0 Å². The van der Waals surface area contributed by atoms with Crippen LogP contribution in [0.4, 0.5) is 0 Å². The van der Waals surface area contributed by atoms with Gasteiger partial charge in [-0.15, -0.1) is 0 Å². The first-order chi connectivity index (χ1) is 7.20. The fourth-order valence-electron chi connectivity index (χ4n) is 0.908. The van der Waals surface area contributed by atoms with E-state index in [1.165, 1.54) is 14.2 Å². The van der Waals surface area contributed by atoms with Gasteiger partial charge in [0.05, 0.1) is 26.4 Å². The van der Waals surface area contributed by atoms with Crippen molar-refractivity contribution in [2.45, 2.75) is 12.2 Å². The number of hydrogen-bond acceptors (Lipinski definition) is 6. The molecule has 0 rings (SSSR count). The minimum absolute atomic E-state index is 0.0293. The number of hydrogen-bond donors (Lipinski definition) is 2. The molecule has 0 aromatic carbocycles. The van der Waals surface area contributed by atoms with Crippen molar-refractivity contribution < 1.29 is 29.2 Å². The van der Waals surface area contributed by atoms with E-state index in [2.05, 4.69) is 0 Å². The van der Waals surface area contributed by atoms with Gasteiger partial charge in [-0.1, -0.05) is 0 Å². The van der Waals surface area contributed by atoms with E-state index in [4.69, 9.17) is 29.2 Å². The Bertz CT molecular complexity index is 118. The maximum absolute atomic E-state index is 9.17. The quantitative estimate of drug-likeness (QED) is 0.366. The molecule has 0 fully saturated rings. The molecule has 0 aromatic heterocycles. The molecule has 0 amide bonds. The van der Waals surface area contributed by atoms with E-state index in [-0.39, 0.29) is 33.2 Å². The number of aliphatic hydroxyl groups excluding tert-OH is 2. The van der Waals surface area contributed by atoms with Crippen molar-refractivity contribution in [2.24, 2.45) is 0 Å². The van der Waals surface area contributed by atoms with Gasteiger partial charge in [0.1, 0.15) is 19.0 Å². The molecule has 6 nitrogen and oxygen atoms in total. The Labute approximate surface area is 89.7 Å². The fraction of sp³-hybridized carbons (Fsp3) is 1.00. The van der Waals surface area contributed by atoms with Crippen molar-refractivity contribution in [1.82, 2.24) is 0 Å². The van der Waals surface area contributed by atoms with Crippen LogP contribution >= 0.6 is 0 Å². The summed E-state index contributed by atoms with van der Waals surface area (Å²) in [6, 6.07) is 0. The molecule has 15 heavy (non-hydrogen) atoms. The molecular formula is C9H20O6. The third-order valence-electron chi connectivity index (χ3n) is 1.51. The highest BCUT2D eigenvalue weighted by atomic mass is 16.7. The summed E-state index contributed by atoms with van der Waals surface area (Å²) in [6.45, 7) is 0.780. The van der Waals surface area contributed by atoms with Gasteiger partial charge < -0.3 is 29.2 Å². The van der Waals surface area contributed by atoms with Gasteiger partial charge in [-0.3, -0.25) is 0 Å². The van der Waals surface area contributed by atoms with Gasteiger partial charge in [-0.2, -0.15) is 0 Å². The molecule has 0 saturated heterocycles. The monoisotopic (exact) mass is 224 g/mol. The van der Waals surface area contributed by atoms with Crippen LogP contribution in [0.2, 0.25) is 0 Å². The van der Waals surface area contributed by atoms with E-state index in [9.17, 15) is 0 Å². The molecule has 0 aliphatic heterocycles. The zero-order valence-corrected chi connectivity index (χ0v) is 9.22. The van der Waals surface area contributed by atoms with Crippen LogP contribution in [-0.2, 0) is 18.9 Å². The summed E-state index contributed by atoms with van der Waals surface area (Å²) in [6.07, 6.45) is -1.30. The number of methoxy groups -OCH3 is 2. The zero-order valence-electron chi connectivity index (χ0n) is 9.22. The average molecular weight is 224 g/mol. The van der Waals surface area contributed by atoms with Crippen LogP contribution in [0.15, 0.2) is 0 Å². The fourth-order valence-corrected chi connectivity index (χ4v) is 0.908. The molecule has 0 aliphatic rings. The first-order valence-electron chi connectivity index (χ1n) is 4.70. The van der Waals surface area contributed by atoms with Gasteiger partial charge in [0.2, 0.25) is 0 Å². The van der Waals surface area contributed by atoms with Crippen LogP contribution in [0.1, 0.15) is 0 Å². The van der Waals surface area contributed by atoms with Crippen LogP contribution in [-0.4, -0.2) is 69.9 Å². The topological polar surface area (TPSA) is 77.4 Å². The van der Waals surface area contributed by atoms with Crippen molar-refractivity contribution in [3.8, 4) is 0 Å². The number of ether oxygens (including phenoxy) is 4. The largest absolute Gasteiger partial charge is 0.388 e. The Balaban J connectivity index is 3.17. The molecule has 92 valence electrons. The first-order valence-corrected chi connectivity index (χ1v) is 4.70. The maximum Gasteiger partial charge on any atom is 0.146 e. The average Bonchev–Trinajstić information content (AvgIpc) is 2.18. The lowest BCUT2D eigenvalue weighted by atomic mass is 10.4. The Kier molecular flexibility index (Phi) is 10.1. The van der Waals surface area contributed by atoms with Gasteiger partial charge in [-0.25, -0.2) is 0 Å². The molecule has 0 radical (unpaired) electrons. The lowest BCUT2D eigenvalue weighted by molar-refractivity contribution is -0.110. The molecule has 0 spiro atoms. The molecule has 0 aromatic rings. The van der Waals surface area contributed by atoms with Gasteiger partial charge in [-0.05, 0) is 0 Å². The van der Waals surface area contributed by atoms with Crippen LogP contribution in [0.3, 0.4) is 0 Å². The third-order valence-corrected chi connectivity index (χ3v) is 1.51. The summed E-state index contributed by atoms with van der Waals surface area (Å²) in [5.41, 5.74) is 0. The lowest BCUT2D eigenvalue weighted by Gasteiger charge is -2.12. The van der Waals surface area contributed by atoms with Crippen molar-refractivity contribution in [3.63, 3.8) is 0 Å². The molecule has 2 N–H and O–H groups in total. The highest BCUT2D eigenvalue weighted by Crippen LogP contribution is 1.90. The van der Waals surface area contributed by atoms with Crippen molar-refractivity contribution in [1.29, 1.82) is 0 Å². The summed E-state index contributed by atoms with van der Waals surface area (Å²) in [7, 11) is 3.00. The highest BCUT2D eigenvalue weighted by Gasteiger charge is 2.05. The zero-order chi connectivity index (χ0) is 11.5. The second-order valence-electron chi connectivity index (χ2n) is 3.08. The molecule has 0 saturated carbocycles. The van der Waals surface area contributed by atoms with E-state index >= 15 is 0 Å². The maximum atomic E-state index is 9.17. The van der Waals surface area contributed by atoms with Gasteiger partial charge in [0.15, 0.2) is 0 Å². The molecule has 0 aliphatic carbocycles. The second kappa shape index (κ2) is 10.3. The van der Waals surface area contributed by atoms with E-state index < -0.39 is 12.2 Å². The molecule has 0 bridgehead atoms.